The molecule has 4 aromatic carbocycles. The molecule has 0 spiro atoms. The summed E-state index contributed by atoms with van der Waals surface area (Å²) >= 11 is 0. The number of carbonyl (C=O) groups is 1. The van der Waals surface area contributed by atoms with Gasteiger partial charge in [-0.3, -0.25) is 25.0 Å². The summed E-state index contributed by atoms with van der Waals surface area (Å²) in [6, 6.07) is 23.0. The second-order valence-corrected chi connectivity index (χ2v) is 9.56. The van der Waals surface area contributed by atoms with E-state index in [2.05, 4.69) is 53.1 Å². The van der Waals surface area contributed by atoms with Crippen molar-refractivity contribution in [2.24, 2.45) is 5.92 Å². The number of nitro groups is 2. The summed E-state index contributed by atoms with van der Waals surface area (Å²) in [6.45, 7) is 0. The highest BCUT2D eigenvalue weighted by molar-refractivity contribution is 6.05. The number of hydrogen-bond acceptors (Lipinski definition) is 6. The number of anilines is 2. The summed E-state index contributed by atoms with van der Waals surface area (Å²) in [5, 5.41) is 31.4. The topological polar surface area (TPSA) is 127 Å². The van der Waals surface area contributed by atoms with Gasteiger partial charge < -0.3 is 10.6 Å². The number of carbonyl (C=O) groups excluding carboxylic acids is 1. The van der Waals surface area contributed by atoms with Gasteiger partial charge in [0.15, 0.2) is 0 Å². The highest BCUT2D eigenvalue weighted by Gasteiger charge is 2.38. The molecule has 1 amide bonds. The first-order valence-electron chi connectivity index (χ1n) is 12.2. The molecule has 9 heteroatoms. The molecular formula is C29H22N4O5. The summed E-state index contributed by atoms with van der Waals surface area (Å²) in [6.07, 6.45) is 5.42. The largest absolute Gasteiger partial charge is 0.378 e. The number of benzene rings is 4. The van der Waals surface area contributed by atoms with Gasteiger partial charge in [-0.05, 0) is 52.4 Å². The van der Waals surface area contributed by atoms with E-state index >= 15 is 0 Å². The van der Waals surface area contributed by atoms with Gasteiger partial charge in [-0.25, -0.2) is 0 Å². The maximum atomic E-state index is 12.9. The van der Waals surface area contributed by atoms with Crippen LogP contribution in [0, 0.1) is 26.1 Å². The van der Waals surface area contributed by atoms with Crippen LogP contribution in [0.3, 0.4) is 0 Å². The van der Waals surface area contributed by atoms with Crippen molar-refractivity contribution >= 4 is 39.4 Å². The maximum Gasteiger partial charge on any atom is 0.277 e. The molecule has 6 rings (SSSR count). The van der Waals surface area contributed by atoms with E-state index in [9.17, 15) is 25.0 Å². The first-order valence-corrected chi connectivity index (χ1v) is 12.2. The minimum atomic E-state index is -0.758. The highest BCUT2D eigenvalue weighted by atomic mass is 16.6. The normalized spacial score (nSPS) is 19.3. The number of nitro benzene ring substituents is 2. The van der Waals surface area contributed by atoms with Crippen LogP contribution in [0.4, 0.5) is 22.7 Å². The van der Waals surface area contributed by atoms with Crippen molar-refractivity contribution in [1.29, 1.82) is 0 Å². The molecule has 4 aromatic rings. The zero-order valence-electron chi connectivity index (χ0n) is 20.0. The van der Waals surface area contributed by atoms with Crippen molar-refractivity contribution in [1.82, 2.24) is 0 Å². The Morgan fingerprint density at radius 3 is 2.42 bits per heavy atom. The van der Waals surface area contributed by atoms with E-state index in [1.165, 1.54) is 16.3 Å². The lowest BCUT2D eigenvalue weighted by atomic mass is 9.75. The van der Waals surface area contributed by atoms with Gasteiger partial charge in [0, 0.05) is 29.4 Å². The fourth-order valence-corrected chi connectivity index (χ4v) is 5.66. The Balaban J connectivity index is 1.31. The molecular weight excluding hydrogens is 484 g/mol. The molecule has 0 unspecified atom stereocenters. The molecule has 0 aromatic heterocycles. The maximum absolute atomic E-state index is 12.9. The van der Waals surface area contributed by atoms with Crippen molar-refractivity contribution in [2.75, 3.05) is 10.6 Å². The Hall–Kier alpha value is -5.05. The SMILES string of the molecule is O=C(Nc1cccc([C@@H]2Nc3ccc4ccccc4c3[C@@H]3C=CC[C@H]32)c1)c1cc([N+](=O)[O-])cc([N+](=O)[O-])c1. The Morgan fingerprint density at radius 1 is 0.895 bits per heavy atom. The van der Waals surface area contributed by atoms with Crippen molar-refractivity contribution < 1.29 is 14.6 Å². The number of rotatable bonds is 5. The Kier molecular flexibility index (Phi) is 5.60. The van der Waals surface area contributed by atoms with Crippen LogP contribution in [0.25, 0.3) is 10.8 Å². The van der Waals surface area contributed by atoms with Gasteiger partial charge in [0.1, 0.15) is 0 Å². The summed E-state index contributed by atoms with van der Waals surface area (Å²) in [4.78, 5) is 33.9. The van der Waals surface area contributed by atoms with Crippen LogP contribution < -0.4 is 10.6 Å². The van der Waals surface area contributed by atoms with E-state index in [4.69, 9.17) is 0 Å². The van der Waals surface area contributed by atoms with Crippen LogP contribution in [0.5, 0.6) is 0 Å². The zero-order chi connectivity index (χ0) is 26.4. The van der Waals surface area contributed by atoms with Crippen molar-refractivity contribution in [2.45, 2.75) is 18.4 Å². The molecule has 0 saturated carbocycles. The second-order valence-electron chi connectivity index (χ2n) is 9.56. The van der Waals surface area contributed by atoms with Gasteiger partial charge in [-0.2, -0.15) is 0 Å². The Bertz CT molecular complexity index is 1630. The molecule has 0 fully saturated rings. The minimum absolute atomic E-state index is 0.000542. The van der Waals surface area contributed by atoms with Gasteiger partial charge >= 0.3 is 0 Å². The first-order chi connectivity index (χ1) is 18.4. The van der Waals surface area contributed by atoms with Crippen LogP contribution in [0.15, 0.2) is 91.0 Å². The van der Waals surface area contributed by atoms with Gasteiger partial charge in [-0.15, -0.1) is 0 Å². The lowest BCUT2D eigenvalue weighted by molar-refractivity contribution is -0.394. The molecule has 0 saturated heterocycles. The van der Waals surface area contributed by atoms with E-state index in [1.807, 2.05) is 24.3 Å². The number of amides is 1. The van der Waals surface area contributed by atoms with Crippen LogP contribution in [-0.2, 0) is 0 Å². The van der Waals surface area contributed by atoms with Gasteiger partial charge in [0.25, 0.3) is 17.3 Å². The van der Waals surface area contributed by atoms with Gasteiger partial charge in [0.2, 0.25) is 0 Å². The lowest BCUT2D eigenvalue weighted by Gasteiger charge is -2.38. The Labute approximate surface area is 217 Å². The van der Waals surface area contributed by atoms with Gasteiger partial charge in [-0.1, -0.05) is 54.6 Å². The molecule has 1 heterocycles. The zero-order valence-corrected chi connectivity index (χ0v) is 20.0. The van der Waals surface area contributed by atoms with Gasteiger partial charge in [0.05, 0.1) is 27.5 Å². The smallest absolute Gasteiger partial charge is 0.277 e. The Morgan fingerprint density at radius 2 is 1.66 bits per heavy atom. The van der Waals surface area contributed by atoms with Crippen molar-refractivity contribution in [3.63, 3.8) is 0 Å². The first kappa shape index (κ1) is 23.4. The lowest BCUT2D eigenvalue weighted by Crippen LogP contribution is -2.29. The molecule has 3 atom stereocenters. The third-order valence-electron chi connectivity index (χ3n) is 7.35. The highest BCUT2D eigenvalue weighted by Crippen LogP contribution is 2.51. The minimum Gasteiger partial charge on any atom is -0.378 e. The van der Waals surface area contributed by atoms with Crippen LogP contribution in [0.1, 0.15) is 39.9 Å². The quantitative estimate of drug-likeness (QED) is 0.175. The number of hydrogen-bond donors (Lipinski definition) is 2. The third-order valence-corrected chi connectivity index (χ3v) is 7.35. The molecule has 2 N–H and O–H groups in total. The predicted octanol–water partition coefficient (Wildman–Crippen LogP) is 6.74. The summed E-state index contributed by atoms with van der Waals surface area (Å²) in [7, 11) is 0. The summed E-state index contributed by atoms with van der Waals surface area (Å²) in [5.41, 5.74) is 2.68. The van der Waals surface area contributed by atoms with E-state index in [0.717, 1.165) is 35.9 Å². The average molecular weight is 507 g/mol. The monoisotopic (exact) mass is 506 g/mol. The standard InChI is InChI=1S/C29H22N4O5/c34-29(19-14-21(32(35)36)16-22(15-19)33(37)38)30-20-7-3-6-18(13-20)28-25-10-4-9-24(25)27-23-8-2-1-5-17(23)11-12-26(27)31-28/h1-9,11-16,24-25,28,31H,10H2,(H,30,34)/t24-,25-,28+/m1/s1. The van der Waals surface area contributed by atoms with Crippen molar-refractivity contribution in [3.8, 4) is 0 Å². The number of allylic oxidation sites excluding steroid dienone is 2. The average Bonchev–Trinajstić information content (AvgIpc) is 3.42. The second kappa shape index (κ2) is 9.11. The molecule has 1 aliphatic carbocycles. The molecule has 0 radical (unpaired) electrons. The fourth-order valence-electron chi connectivity index (χ4n) is 5.66. The van der Waals surface area contributed by atoms with Crippen molar-refractivity contribution in [3.05, 3.63) is 128 Å². The molecule has 0 bridgehead atoms. The molecule has 188 valence electrons. The van der Waals surface area contributed by atoms with E-state index in [1.54, 1.807) is 6.07 Å². The number of fused-ring (bicyclic) bond motifs is 5. The van der Waals surface area contributed by atoms with E-state index < -0.39 is 27.1 Å². The fraction of sp³-hybridized carbons (Fsp3) is 0.138. The number of nitrogens with one attached hydrogen (secondary N) is 2. The van der Waals surface area contributed by atoms with Crippen LogP contribution in [-0.4, -0.2) is 15.8 Å². The van der Waals surface area contributed by atoms with Crippen LogP contribution >= 0.6 is 0 Å². The number of non-ortho nitro benzene ring substituents is 2. The third kappa shape index (κ3) is 4.03. The van der Waals surface area contributed by atoms with E-state index in [0.29, 0.717) is 11.6 Å². The summed E-state index contributed by atoms with van der Waals surface area (Å²) < 4.78 is 0. The van der Waals surface area contributed by atoms with Crippen LogP contribution in [0.2, 0.25) is 0 Å². The molecule has 2 aliphatic rings. The molecule has 9 nitrogen and oxygen atoms in total. The molecule has 1 aliphatic heterocycles. The predicted molar refractivity (Wildman–Crippen MR) is 144 cm³/mol. The molecule has 38 heavy (non-hydrogen) atoms. The van der Waals surface area contributed by atoms with E-state index in [-0.39, 0.29) is 17.5 Å². The number of nitrogens with zero attached hydrogens (tertiary/aromatic N) is 2. The summed E-state index contributed by atoms with van der Waals surface area (Å²) in [5.74, 6) is -0.118.